The molecule has 48 valence electrons. The molecule has 0 aromatic rings. The van der Waals surface area contributed by atoms with Gasteiger partial charge in [-0.15, -0.1) is 0 Å². The minimum Gasteiger partial charge on any atom is -0.376 e. The Morgan fingerprint density at radius 1 is 1.89 bits per heavy atom. The van der Waals surface area contributed by atoms with Crippen molar-refractivity contribution in [1.82, 2.24) is 5.32 Å². The lowest BCUT2D eigenvalue weighted by molar-refractivity contribution is -0.118. The van der Waals surface area contributed by atoms with Crippen molar-refractivity contribution >= 4 is 23.2 Å². The van der Waals surface area contributed by atoms with Gasteiger partial charge in [0.05, 0.1) is 6.07 Å². The third kappa shape index (κ3) is 4.71. The van der Waals surface area contributed by atoms with Gasteiger partial charge in [0.2, 0.25) is 5.91 Å². The summed E-state index contributed by atoms with van der Waals surface area (Å²) in [6.07, 6.45) is -0.211. The molecule has 0 aliphatic heterocycles. The first-order valence-corrected chi connectivity index (χ1v) is 2.54. The van der Waals surface area contributed by atoms with E-state index in [2.05, 4.69) is 17.5 Å². The van der Waals surface area contributed by atoms with Crippen LogP contribution < -0.4 is 11.1 Å². The summed E-state index contributed by atoms with van der Waals surface area (Å²) in [5.41, 5.74) is 4.91. The standard InChI is InChI=1S/C4H5N3OS/c5-2-1-3(8)7-4(6)9/h1H2,(H3,6,7,8,9). The lowest BCUT2D eigenvalue weighted by Gasteiger charge is -1.94. The summed E-state index contributed by atoms with van der Waals surface area (Å²) in [4.78, 5) is 10.4. The van der Waals surface area contributed by atoms with Crippen molar-refractivity contribution in [3.05, 3.63) is 0 Å². The summed E-state index contributed by atoms with van der Waals surface area (Å²) in [5, 5.41) is 9.94. The van der Waals surface area contributed by atoms with Crippen LogP contribution in [0.3, 0.4) is 0 Å². The summed E-state index contributed by atoms with van der Waals surface area (Å²) in [7, 11) is 0. The Labute approximate surface area is 57.6 Å². The predicted octanol–water partition coefficient (Wildman–Crippen LogP) is -0.740. The molecule has 0 aliphatic rings. The van der Waals surface area contributed by atoms with E-state index in [-0.39, 0.29) is 11.5 Å². The summed E-state index contributed by atoms with van der Waals surface area (Å²) < 4.78 is 0. The Bertz CT molecular complexity index is 171. The zero-order chi connectivity index (χ0) is 7.28. The minimum atomic E-state index is -0.468. The van der Waals surface area contributed by atoms with Gasteiger partial charge in [0.15, 0.2) is 5.11 Å². The first kappa shape index (κ1) is 7.85. The fourth-order valence-corrected chi connectivity index (χ4v) is 0.367. The van der Waals surface area contributed by atoms with Gasteiger partial charge in [-0.05, 0) is 12.2 Å². The molecule has 0 unspecified atom stereocenters. The number of hydrogen-bond donors (Lipinski definition) is 2. The molecule has 0 saturated heterocycles. The molecule has 0 rings (SSSR count). The van der Waals surface area contributed by atoms with Crippen LogP contribution in [0.25, 0.3) is 0 Å². The quantitative estimate of drug-likeness (QED) is 0.474. The summed E-state index contributed by atoms with van der Waals surface area (Å²) >= 11 is 4.32. The lowest BCUT2D eigenvalue weighted by Crippen LogP contribution is -2.34. The molecular formula is C4H5N3OS. The van der Waals surface area contributed by atoms with Crippen LogP contribution in [-0.4, -0.2) is 11.0 Å². The average molecular weight is 143 g/mol. The molecule has 0 radical (unpaired) electrons. The van der Waals surface area contributed by atoms with E-state index in [0.29, 0.717) is 0 Å². The molecular weight excluding hydrogens is 138 g/mol. The zero-order valence-corrected chi connectivity index (χ0v) is 5.36. The lowest BCUT2D eigenvalue weighted by atomic mass is 10.4. The molecule has 0 atom stereocenters. The second-order valence-electron chi connectivity index (χ2n) is 1.25. The highest BCUT2D eigenvalue weighted by molar-refractivity contribution is 7.80. The number of carbonyl (C=O) groups is 1. The molecule has 0 spiro atoms. The largest absolute Gasteiger partial charge is 0.376 e. The number of nitrogens with two attached hydrogens (primary N) is 1. The Morgan fingerprint density at radius 2 is 2.44 bits per heavy atom. The van der Waals surface area contributed by atoms with Gasteiger partial charge in [-0.2, -0.15) is 5.26 Å². The third-order valence-electron chi connectivity index (χ3n) is 0.502. The zero-order valence-electron chi connectivity index (χ0n) is 4.55. The highest BCUT2D eigenvalue weighted by atomic mass is 32.1. The molecule has 0 bridgehead atoms. The average Bonchev–Trinajstić information content (AvgIpc) is 1.63. The number of thiocarbonyl (C=S) groups is 1. The Balaban J connectivity index is 3.54. The van der Waals surface area contributed by atoms with Crippen molar-refractivity contribution in [3.63, 3.8) is 0 Å². The van der Waals surface area contributed by atoms with Crippen LogP contribution in [0.5, 0.6) is 0 Å². The van der Waals surface area contributed by atoms with Gasteiger partial charge < -0.3 is 11.1 Å². The maximum atomic E-state index is 10.4. The van der Waals surface area contributed by atoms with Crippen LogP contribution in [0.15, 0.2) is 0 Å². The van der Waals surface area contributed by atoms with Gasteiger partial charge in [0.25, 0.3) is 0 Å². The number of nitriles is 1. The van der Waals surface area contributed by atoms with E-state index in [1.165, 1.54) is 0 Å². The molecule has 1 amide bonds. The number of nitrogens with zero attached hydrogens (tertiary/aromatic N) is 1. The van der Waals surface area contributed by atoms with Gasteiger partial charge in [-0.3, -0.25) is 4.79 Å². The molecule has 0 fully saturated rings. The normalized spacial score (nSPS) is 7.44. The van der Waals surface area contributed by atoms with Crippen LogP contribution in [-0.2, 0) is 4.79 Å². The monoisotopic (exact) mass is 143 g/mol. The van der Waals surface area contributed by atoms with Crippen molar-refractivity contribution in [2.24, 2.45) is 5.73 Å². The van der Waals surface area contributed by atoms with Crippen LogP contribution in [0.1, 0.15) is 6.42 Å². The Kier molecular flexibility index (Phi) is 3.32. The second kappa shape index (κ2) is 3.80. The van der Waals surface area contributed by atoms with Crippen molar-refractivity contribution in [2.75, 3.05) is 0 Å². The van der Waals surface area contributed by atoms with Crippen LogP contribution in [0.2, 0.25) is 0 Å². The highest BCUT2D eigenvalue weighted by Gasteiger charge is 1.97. The molecule has 0 saturated carbocycles. The van der Waals surface area contributed by atoms with Crippen molar-refractivity contribution in [2.45, 2.75) is 6.42 Å². The van der Waals surface area contributed by atoms with Crippen molar-refractivity contribution in [1.29, 1.82) is 5.26 Å². The van der Waals surface area contributed by atoms with E-state index in [9.17, 15) is 4.79 Å². The minimum absolute atomic E-state index is 0.102. The SMILES string of the molecule is N#CCC(=O)NC(N)=S. The predicted molar refractivity (Wildman–Crippen MR) is 35.2 cm³/mol. The van der Waals surface area contributed by atoms with E-state index in [1.807, 2.05) is 0 Å². The molecule has 0 aromatic heterocycles. The molecule has 5 heteroatoms. The number of nitrogens with one attached hydrogen (secondary N) is 1. The van der Waals surface area contributed by atoms with E-state index in [4.69, 9.17) is 11.0 Å². The van der Waals surface area contributed by atoms with Crippen molar-refractivity contribution in [3.8, 4) is 6.07 Å². The highest BCUT2D eigenvalue weighted by Crippen LogP contribution is 1.72. The van der Waals surface area contributed by atoms with Gasteiger partial charge in [-0.25, -0.2) is 0 Å². The van der Waals surface area contributed by atoms with Gasteiger partial charge in [0, 0.05) is 0 Å². The second-order valence-corrected chi connectivity index (χ2v) is 1.69. The van der Waals surface area contributed by atoms with Crippen LogP contribution in [0, 0.1) is 11.3 Å². The fourth-order valence-electron chi connectivity index (χ4n) is 0.253. The van der Waals surface area contributed by atoms with Crippen LogP contribution >= 0.6 is 12.2 Å². The van der Waals surface area contributed by atoms with Crippen molar-refractivity contribution < 1.29 is 4.79 Å². The maximum absolute atomic E-state index is 10.4. The van der Waals surface area contributed by atoms with Gasteiger partial charge in [0.1, 0.15) is 6.42 Å². The molecule has 9 heavy (non-hydrogen) atoms. The maximum Gasteiger partial charge on any atom is 0.240 e. The first-order chi connectivity index (χ1) is 4.16. The van der Waals surface area contributed by atoms with E-state index in [0.717, 1.165) is 0 Å². The summed E-state index contributed by atoms with van der Waals surface area (Å²) in [5.74, 6) is -0.468. The third-order valence-corrected chi connectivity index (χ3v) is 0.604. The molecule has 0 heterocycles. The van der Waals surface area contributed by atoms with Crippen LogP contribution in [0.4, 0.5) is 0 Å². The Morgan fingerprint density at radius 3 is 2.78 bits per heavy atom. The first-order valence-electron chi connectivity index (χ1n) is 2.13. The van der Waals surface area contributed by atoms with Gasteiger partial charge in [-0.1, -0.05) is 0 Å². The number of hydrogen-bond acceptors (Lipinski definition) is 3. The molecule has 0 aromatic carbocycles. The number of amides is 1. The van der Waals surface area contributed by atoms with E-state index < -0.39 is 5.91 Å². The topological polar surface area (TPSA) is 78.9 Å². The Hall–Kier alpha value is -1.15. The fraction of sp³-hybridized carbons (Fsp3) is 0.250. The molecule has 4 nitrogen and oxygen atoms in total. The summed E-state index contributed by atoms with van der Waals surface area (Å²) in [6, 6.07) is 1.65. The van der Waals surface area contributed by atoms with E-state index in [1.54, 1.807) is 6.07 Å². The number of rotatable bonds is 1. The van der Waals surface area contributed by atoms with E-state index >= 15 is 0 Å². The molecule has 3 N–H and O–H groups in total. The summed E-state index contributed by atoms with van der Waals surface area (Å²) in [6.45, 7) is 0. The smallest absolute Gasteiger partial charge is 0.240 e. The van der Waals surface area contributed by atoms with Gasteiger partial charge >= 0.3 is 0 Å². The number of carbonyl (C=O) groups excluding carboxylic acids is 1. The molecule has 0 aliphatic carbocycles.